The largest absolute Gasteiger partial charge is 0.457 e. The fourth-order valence-electron chi connectivity index (χ4n) is 10.6. The van der Waals surface area contributed by atoms with Crippen molar-refractivity contribution in [2.24, 2.45) is 46.3 Å². The molecule has 2 N–H and O–H groups in total. The van der Waals surface area contributed by atoms with Crippen molar-refractivity contribution in [2.75, 3.05) is 6.61 Å². The van der Waals surface area contributed by atoms with Crippen LogP contribution in [-0.4, -0.2) is 40.8 Å². The maximum atomic E-state index is 12.6. The maximum absolute atomic E-state index is 12.6. The van der Waals surface area contributed by atoms with Gasteiger partial charge in [0.2, 0.25) is 0 Å². The van der Waals surface area contributed by atoms with Gasteiger partial charge in [0.05, 0.1) is 12.2 Å². The Kier molecular flexibility index (Phi) is 8.30. The Hall–Kier alpha value is -2.24. The van der Waals surface area contributed by atoms with Gasteiger partial charge in [-0.1, -0.05) is 57.2 Å². The van der Waals surface area contributed by atoms with Gasteiger partial charge >= 0.3 is 5.97 Å². The monoisotopic (exact) mass is 574 g/mol. The number of esters is 1. The highest BCUT2D eigenvalue weighted by atomic mass is 16.5. The van der Waals surface area contributed by atoms with Gasteiger partial charge in [-0.05, 0) is 127 Å². The molecule has 0 saturated heterocycles. The Morgan fingerprint density at radius 2 is 1.67 bits per heavy atom. The lowest BCUT2D eigenvalue weighted by molar-refractivity contribution is -0.174. The number of rotatable bonds is 8. The van der Waals surface area contributed by atoms with Gasteiger partial charge in [-0.25, -0.2) is 0 Å². The summed E-state index contributed by atoms with van der Waals surface area (Å²) >= 11 is 0. The Labute approximate surface area is 251 Å². The van der Waals surface area contributed by atoms with E-state index in [-0.39, 0.29) is 41.4 Å². The summed E-state index contributed by atoms with van der Waals surface area (Å²) in [5, 5.41) is 23.9. The second-order valence-corrected chi connectivity index (χ2v) is 15.0. The Balaban J connectivity index is 1.00. The van der Waals surface area contributed by atoms with Gasteiger partial charge in [0.15, 0.2) is 12.4 Å². The van der Waals surface area contributed by atoms with Crippen LogP contribution in [0.1, 0.15) is 102 Å². The summed E-state index contributed by atoms with van der Waals surface area (Å²) in [7, 11) is 0. The summed E-state index contributed by atoms with van der Waals surface area (Å²) < 4.78 is 5.38. The number of benzene rings is 2. The Morgan fingerprint density at radius 3 is 2.48 bits per heavy atom. The molecule has 10 atom stereocenters. The average molecular weight is 575 g/mol. The van der Waals surface area contributed by atoms with Crippen LogP contribution in [-0.2, 0) is 9.53 Å². The van der Waals surface area contributed by atoms with Crippen LogP contribution >= 0.6 is 0 Å². The van der Waals surface area contributed by atoms with E-state index in [9.17, 15) is 19.8 Å². The normalized spacial score (nSPS) is 38.3. The molecule has 0 aliphatic heterocycles. The van der Waals surface area contributed by atoms with Gasteiger partial charge in [0, 0.05) is 12.0 Å². The van der Waals surface area contributed by atoms with Gasteiger partial charge in [-0.3, -0.25) is 9.59 Å². The van der Waals surface area contributed by atoms with E-state index in [1.165, 1.54) is 25.7 Å². The smallest absolute Gasteiger partial charge is 0.306 e. The molecular formula is C37H50O5. The Morgan fingerprint density at radius 1 is 0.929 bits per heavy atom. The molecular weight excluding hydrogens is 524 g/mol. The summed E-state index contributed by atoms with van der Waals surface area (Å²) in [5.41, 5.74) is 1.07. The zero-order chi connectivity index (χ0) is 29.6. The molecule has 0 aromatic heterocycles. The highest BCUT2D eigenvalue weighted by Crippen LogP contribution is 2.68. The molecule has 4 aliphatic rings. The van der Waals surface area contributed by atoms with Crippen LogP contribution < -0.4 is 0 Å². The van der Waals surface area contributed by atoms with E-state index < -0.39 is 0 Å². The van der Waals surface area contributed by atoms with Crippen molar-refractivity contribution in [1.29, 1.82) is 0 Å². The van der Waals surface area contributed by atoms with Gasteiger partial charge in [0.25, 0.3) is 0 Å². The van der Waals surface area contributed by atoms with Crippen LogP contribution in [0.5, 0.6) is 0 Å². The third kappa shape index (κ3) is 5.34. The zero-order valence-corrected chi connectivity index (χ0v) is 25.8. The number of carbonyl (C=O) groups is 2. The minimum Gasteiger partial charge on any atom is -0.457 e. The van der Waals surface area contributed by atoms with E-state index in [0.717, 1.165) is 49.3 Å². The molecule has 228 valence electrons. The molecule has 4 aliphatic carbocycles. The van der Waals surface area contributed by atoms with Gasteiger partial charge in [0.1, 0.15) is 0 Å². The van der Waals surface area contributed by atoms with Crippen molar-refractivity contribution in [1.82, 2.24) is 0 Å². The van der Waals surface area contributed by atoms with E-state index in [4.69, 9.17) is 4.74 Å². The molecule has 0 radical (unpaired) electrons. The quantitative estimate of drug-likeness (QED) is 0.254. The van der Waals surface area contributed by atoms with Gasteiger partial charge < -0.3 is 14.9 Å². The lowest BCUT2D eigenvalue weighted by atomic mass is 9.43. The van der Waals surface area contributed by atoms with E-state index in [1.54, 1.807) is 6.07 Å². The lowest BCUT2D eigenvalue weighted by Gasteiger charge is -2.62. The molecule has 2 aromatic carbocycles. The van der Waals surface area contributed by atoms with E-state index in [0.29, 0.717) is 47.5 Å². The zero-order valence-electron chi connectivity index (χ0n) is 25.8. The molecule has 0 amide bonds. The first-order chi connectivity index (χ1) is 20.1. The predicted molar refractivity (Wildman–Crippen MR) is 165 cm³/mol. The second-order valence-electron chi connectivity index (χ2n) is 15.0. The fourth-order valence-corrected chi connectivity index (χ4v) is 10.6. The molecule has 4 fully saturated rings. The third-order valence-corrected chi connectivity index (χ3v) is 12.9. The van der Waals surface area contributed by atoms with Crippen LogP contribution in [0.15, 0.2) is 42.5 Å². The summed E-state index contributed by atoms with van der Waals surface area (Å²) in [5.74, 6) is 2.62. The summed E-state index contributed by atoms with van der Waals surface area (Å²) in [6.45, 7) is 7.12. The van der Waals surface area contributed by atoms with E-state index >= 15 is 0 Å². The topological polar surface area (TPSA) is 83.8 Å². The van der Waals surface area contributed by atoms with E-state index in [2.05, 4.69) is 20.8 Å². The second kappa shape index (κ2) is 11.7. The first kappa shape index (κ1) is 29.8. The predicted octanol–water partition coefficient (Wildman–Crippen LogP) is 7.36. The number of fused-ring (bicyclic) bond motifs is 6. The van der Waals surface area contributed by atoms with Crippen LogP contribution in [0.4, 0.5) is 0 Å². The van der Waals surface area contributed by atoms with Crippen molar-refractivity contribution in [3.63, 3.8) is 0 Å². The molecule has 5 heteroatoms. The minimum absolute atomic E-state index is 0.169. The number of carbonyl (C=O) groups excluding carboxylic acids is 2. The lowest BCUT2D eigenvalue weighted by Crippen LogP contribution is -2.58. The van der Waals surface area contributed by atoms with Crippen molar-refractivity contribution >= 4 is 22.5 Å². The molecule has 42 heavy (non-hydrogen) atoms. The van der Waals surface area contributed by atoms with Gasteiger partial charge in [-0.15, -0.1) is 0 Å². The summed E-state index contributed by atoms with van der Waals surface area (Å²) in [6.07, 6.45) is 10.2. The molecule has 0 spiro atoms. The maximum Gasteiger partial charge on any atom is 0.306 e. The number of aliphatic hydroxyl groups is 2. The number of aliphatic hydroxyl groups excluding tert-OH is 2. The molecule has 0 unspecified atom stereocenters. The highest BCUT2D eigenvalue weighted by Gasteiger charge is 2.62. The number of hydrogen-bond donors (Lipinski definition) is 2. The van der Waals surface area contributed by atoms with Crippen LogP contribution in [0, 0.1) is 46.3 Å². The third-order valence-electron chi connectivity index (χ3n) is 12.9. The highest BCUT2D eigenvalue weighted by molar-refractivity contribution is 6.01. The Bertz CT molecular complexity index is 1300. The van der Waals surface area contributed by atoms with Crippen molar-refractivity contribution in [2.45, 2.75) is 104 Å². The molecule has 0 heterocycles. The standard InChI is InChI=1S/C37H50O5/c1-23(7-6-10-34(41)42-22-33(40)26-12-11-24-8-4-5-9-25(24)19-26)29-13-14-30-35-31(16-18-37(29,30)3)36(2)17-15-28(38)20-27(36)21-32(35)39/h4-5,8-9,11-12,19,23,27-32,35,38-39H,6-7,10,13-18,20-22H2,1-3H3/t23-,27+,28-,29-,30+,31+,32+,35+,36+,37-/m1/s1. The molecule has 5 nitrogen and oxygen atoms in total. The number of ketones is 1. The van der Waals surface area contributed by atoms with Crippen molar-refractivity contribution in [3.05, 3.63) is 48.0 Å². The fraction of sp³-hybridized carbons (Fsp3) is 0.676. The number of ether oxygens (including phenoxy) is 1. The number of hydrogen-bond acceptors (Lipinski definition) is 5. The van der Waals surface area contributed by atoms with Crippen molar-refractivity contribution < 1.29 is 24.5 Å². The first-order valence-corrected chi connectivity index (χ1v) is 16.6. The molecule has 0 bridgehead atoms. The van der Waals surface area contributed by atoms with Crippen LogP contribution in [0.2, 0.25) is 0 Å². The molecule has 4 saturated carbocycles. The minimum atomic E-state index is -0.293. The van der Waals surface area contributed by atoms with Crippen LogP contribution in [0.25, 0.3) is 10.8 Å². The summed E-state index contributed by atoms with van der Waals surface area (Å²) in [4.78, 5) is 25.2. The average Bonchev–Trinajstić information content (AvgIpc) is 3.33. The van der Waals surface area contributed by atoms with Gasteiger partial charge in [-0.2, -0.15) is 0 Å². The number of Topliss-reactive ketones (excluding diaryl/α,β-unsaturated/α-hetero) is 1. The SMILES string of the molecule is C[C@H](CCCC(=O)OCC(=O)c1ccc2ccccc2c1)[C@H]1CC[C@H]2[C@@H]3[C@@H](O)C[C@@H]4C[C@H](O)CC[C@]4(C)[C@H]3CC[C@]12C. The van der Waals surface area contributed by atoms with Crippen molar-refractivity contribution in [3.8, 4) is 0 Å². The first-order valence-electron chi connectivity index (χ1n) is 16.6. The molecule has 2 aromatic rings. The van der Waals surface area contributed by atoms with Crippen LogP contribution in [0.3, 0.4) is 0 Å². The summed E-state index contributed by atoms with van der Waals surface area (Å²) in [6, 6.07) is 13.5. The van der Waals surface area contributed by atoms with E-state index in [1.807, 2.05) is 36.4 Å². The molecule has 6 rings (SSSR count).